The Morgan fingerprint density at radius 2 is 2.20 bits per heavy atom. The van der Waals surface area contributed by atoms with Crippen molar-refractivity contribution in [1.82, 2.24) is 4.90 Å². The number of carbonyl (C=O) groups is 1. The number of carboxylic acids is 1. The molecule has 1 saturated heterocycles. The van der Waals surface area contributed by atoms with E-state index in [1.165, 1.54) is 0 Å². The van der Waals surface area contributed by atoms with Crippen molar-refractivity contribution in [1.29, 1.82) is 0 Å². The summed E-state index contributed by atoms with van der Waals surface area (Å²) in [6.07, 6.45) is -0.154. The maximum Gasteiger partial charge on any atom is 0.306 e. The molecule has 1 fully saturated rings. The first kappa shape index (κ1) is 15.3. The van der Waals surface area contributed by atoms with Gasteiger partial charge in [-0.05, 0) is 24.3 Å². The van der Waals surface area contributed by atoms with Crippen molar-refractivity contribution in [3.63, 3.8) is 0 Å². The van der Waals surface area contributed by atoms with Gasteiger partial charge in [-0.15, -0.1) is 0 Å². The molecule has 1 aliphatic heterocycles. The second-order valence-electron chi connectivity index (χ2n) is 4.69. The second-order valence-corrected chi connectivity index (χ2v) is 5.61. The summed E-state index contributed by atoms with van der Waals surface area (Å²) in [6.45, 7) is 3.41. The number of nitrogens with zero attached hydrogens (tertiary/aromatic N) is 1. The molecule has 0 amide bonds. The smallest absolute Gasteiger partial charge is 0.306 e. The molecular weight excluding hydrogens is 326 g/mol. The predicted molar refractivity (Wildman–Crippen MR) is 78.1 cm³/mol. The standard InChI is InChI=1S/C14H18BrNO4/c15-11-1-3-12(4-2-11)19-7-5-16-6-8-20-13(10-16)9-14(17)18/h1-4,13H,5-10H2,(H,17,18). The highest BCUT2D eigenvalue weighted by Gasteiger charge is 2.22. The van der Waals surface area contributed by atoms with Crippen molar-refractivity contribution in [2.75, 3.05) is 32.8 Å². The lowest BCUT2D eigenvalue weighted by atomic mass is 10.2. The van der Waals surface area contributed by atoms with Crippen molar-refractivity contribution in [3.05, 3.63) is 28.7 Å². The van der Waals surface area contributed by atoms with Crippen LogP contribution in [0, 0.1) is 0 Å². The Morgan fingerprint density at radius 3 is 2.90 bits per heavy atom. The van der Waals surface area contributed by atoms with Crippen molar-refractivity contribution in [3.8, 4) is 5.75 Å². The largest absolute Gasteiger partial charge is 0.492 e. The maximum atomic E-state index is 10.7. The van der Waals surface area contributed by atoms with Crippen molar-refractivity contribution < 1.29 is 19.4 Å². The normalized spacial score (nSPS) is 19.8. The molecule has 2 rings (SSSR count). The zero-order valence-electron chi connectivity index (χ0n) is 11.1. The van der Waals surface area contributed by atoms with Crippen LogP contribution in [-0.4, -0.2) is 54.9 Å². The summed E-state index contributed by atoms with van der Waals surface area (Å²) < 4.78 is 12.1. The number of halogens is 1. The maximum absolute atomic E-state index is 10.7. The van der Waals surface area contributed by atoms with Gasteiger partial charge in [-0.3, -0.25) is 9.69 Å². The zero-order chi connectivity index (χ0) is 14.4. The van der Waals surface area contributed by atoms with E-state index in [0.717, 1.165) is 23.3 Å². The molecule has 0 radical (unpaired) electrons. The molecule has 1 aromatic carbocycles. The van der Waals surface area contributed by atoms with E-state index in [9.17, 15) is 4.79 Å². The second kappa shape index (κ2) is 7.61. The summed E-state index contributed by atoms with van der Waals surface area (Å²) in [4.78, 5) is 12.9. The molecule has 1 heterocycles. The van der Waals surface area contributed by atoms with Gasteiger partial charge < -0.3 is 14.6 Å². The van der Waals surface area contributed by atoms with Gasteiger partial charge in [-0.2, -0.15) is 0 Å². The van der Waals surface area contributed by atoms with E-state index in [-0.39, 0.29) is 12.5 Å². The van der Waals surface area contributed by atoms with Crippen molar-refractivity contribution in [2.24, 2.45) is 0 Å². The van der Waals surface area contributed by atoms with Gasteiger partial charge in [0.05, 0.1) is 19.1 Å². The summed E-state index contributed by atoms with van der Waals surface area (Å²) >= 11 is 3.38. The van der Waals surface area contributed by atoms with Crippen LogP contribution >= 0.6 is 15.9 Å². The van der Waals surface area contributed by atoms with Crippen molar-refractivity contribution >= 4 is 21.9 Å². The van der Waals surface area contributed by atoms with Crippen LogP contribution in [0.15, 0.2) is 28.7 Å². The first-order valence-electron chi connectivity index (χ1n) is 6.57. The monoisotopic (exact) mass is 343 g/mol. The van der Waals surface area contributed by atoms with Gasteiger partial charge in [0.15, 0.2) is 0 Å². The van der Waals surface area contributed by atoms with Crippen LogP contribution in [0.1, 0.15) is 6.42 Å². The molecule has 0 spiro atoms. The number of ether oxygens (including phenoxy) is 2. The minimum atomic E-state index is -0.817. The molecule has 110 valence electrons. The van der Waals surface area contributed by atoms with Crippen molar-refractivity contribution in [2.45, 2.75) is 12.5 Å². The molecule has 1 aliphatic rings. The van der Waals surface area contributed by atoms with Gasteiger partial charge in [0.25, 0.3) is 0 Å². The SMILES string of the molecule is O=C(O)CC1CN(CCOc2ccc(Br)cc2)CCO1. The third kappa shape index (κ3) is 5.11. The van der Waals surface area contributed by atoms with Gasteiger partial charge in [-0.25, -0.2) is 0 Å². The van der Waals surface area contributed by atoms with Gasteiger partial charge in [0, 0.05) is 24.1 Å². The van der Waals surface area contributed by atoms with Crippen LogP contribution in [0.3, 0.4) is 0 Å². The molecule has 0 aromatic heterocycles. The Morgan fingerprint density at radius 1 is 1.45 bits per heavy atom. The van der Waals surface area contributed by atoms with E-state index < -0.39 is 5.97 Å². The van der Waals surface area contributed by atoms with Gasteiger partial charge in [0.1, 0.15) is 12.4 Å². The highest BCUT2D eigenvalue weighted by Crippen LogP contribution is 2.16. The van der Waals surface area contributed by atoms with Gasteiger partial charge >= 0.3 is 5.97 Å². The summed E-state index contributed by atoms with van der Waals surface area (Å²) in [5, 5.41) is 8.77. The van der Waals surface area contributed by atoms with Crippen LogP contribution in [0.2, 0.25) is 0 Å². The molecule has 20 heavy (non-hydrogen) atoms. The van der Waals surface area contributed by atoms with E-state index in [4.69, 9.17) is 14.6 Å². The summed E-state index contributed by atoms with van der Waals surface area (Å²) in [5.74, 6) is 0.0199. The molecule has 1 N–H and O–H groups in total. The van der Waals surface area contributed by atoms with Crippen LogP contribution in [0.5, 0.6) is 5.75 Å². The number of aliphatic carboxylic acids is 1. The number of morpholine rings is 1. The lowest BCUT2D eigenvalue weighted by molar-refractivity contribution is -0.142. The molecule has 0 saturated carbocycles. The highest BCUT2D eigenvalue weighted by atomic mass is 79.9. The van der Waals surface area contributed by atoms with Gasteiger partial charge in [0.2, 0.25) is 0 Å². The third-order valence-corrected chi connectivity index (χ3v) is 3.64. The summed E-state index contributed by atoms with van der Waals surface area (Å²) in [5.41, 5.74) is 0. The first-order chi connectivity index (χ1) is 9.63. The van der Waals surface area contributed by atoms with E-state index >= 15 is 0 Å². The number of carboxylic acid groups (broad SMARTS) is 1. The van der Waals surface area contributed by atoms with E-state index in [0.29, 0.717) is 19.8 Å². The number of hydrogen-bond acceptors (Lipinski definition) is 4. The fourth-order valence-electron chi connectivity index (χ4n) is 2.13. The predicted octanol–water partition coefficient (Wildman–Crippen LogP) is 2.00. The van der Waals surface area contributed by atoms with Crippen LogP contribution < -0.4 is 4.74 Å². The third-order valence-electron chi connectivity index (χ3n) is 3.12. The molecule has 6 heteroatoms. The molecule has 1 atom stereocenters. The average molecular weight is 344 g/mol. The lowest BCUT2D eigenvalue weighted by Gasteiger charge is -2.32. The van der Waals surface area contributed by atoms with Crippen LogP contribution in [0.25, 0.3) is 0 Å². The number of rotatable bonds is 6. The molecule has 0 bridgehead atoms. The molecular formula is C14H18BrNO4. The minimum absolute atomic E-state index is 0.0596. The molecule has 5 nitrogen and oxygen atoms in total. The fraction of sp³-hybridized carbons (Fsp3) is 0.500. The summed E-state index contributed by atoms with van der Waals surface area (Å²) in [7, 11) is 0. The van der Waals surface area contributed by atoms with Gasteiger partial charge in [-0.1, -0.05) is 15.9 Å². The van der Waals surface area contributed by atoms with E-state index in [1.54, 1.807) is 0 Å². The Balaban J connectivity index is 1.70. The Labute approximate surface area is 126 Å². The zero-order valence-corrected chi connectivity index (χ0v) is 12.7. The van der Waals surface area contributed by atoms with E-state index in [1.807, 2.05) is 24.3 Å². The first-order valence-corrected chi connectivity index (χ1v) is 7.37. The quantitative estimate of drug-likeness (QED) is 0.856. The lowest BCUT2D eigenvalue weighted by Crippen LogP contribution is -2.44. The van der Waals surface area contributed by atoms with E-state index in [2.05, 4.69) is 20.8 Å². The van der Waals surface area contributed by atoms with Crippen LogP contribution in [0.4, 0.5) is 0 Å². The number of benzene rings is 1. The Kier molecular flexibility index (Phi) is 5.82. The summed E-state index contributed by atoms with van der Waals surface area (Å²) in [6, 6.07) is 7.70. The molecule has 0 aliphatic carbocycles. The molecule has 1 unspecified atom stereocenters. The average Bonchev–Trinajstić information content (AvgIpc) is 2.41. The highest BCUT2D eigenvalue weighted by molar-refractivity contribution is 9.10. The number of hydrogen-bond donors (Lipinski definition) is 1. The minimum Gasteiger partial charge on any atom is -0.492 e. The topological polar surface area (TPSA) is 59.0 Å². The molecule has 1 aromatic rings. The Bertz CT molecular complexity index is 437. The van der Waals surface area contributed by atoms with Crippen LogP contribution in [-0.2, 0) is 9.53 Å². The Hall–Kier alpha value is -1.11. The fourth-order valence-corrected chi connectivity index (χ4v) is 2.39.